The van der Waals surface area contributed by atoms with Crippen LogP contribution >= 0.6 is 11.3 Å². The molecule has 0 saturated carbocycles. The van der Waals surface area contributed by atoms with Gasteiger partial charge >= 0.3 is 11.9 Å². The minimum Gasteiger partial charge on any atom is -0.474 e. The van der Waals surface area contributed by atoms with Crippen molar-refractivity contribution in [3.05, 3.63) is 11.1 Å². The number of carboxylic acids is 1. The lowest BCUT2D eigenvalue weighted by molar-refractivity contribution is -0.147. The molecule has 0 aliphatic carbocycles. The van der Waals surface area contributed by atoms with E-state index >= 15 is 0 Å². The molecular formula is C7H8N2O3S. The van der Waals surface area contributed by atoms with E-state index in [4.69, 9.17) is 5.11 Å². The van der Waals surface area contributed by atoms with Gasteiger partial charge in [0.25, 0.3) is 0 Å². The van der Waals surface area contributed by atoms with Gasteiger partial charge in [-0.15, -0.1) is 11.3 Å². The summed E-state index contributed by atoms with van der Waals surface area (Å²) in [7, 11) is 0. The maximum absolute atomic E-state index is 10.7. The van der Waals surface area contributed by atoms with Crippen molar-refractivity contribution in [2.24, 2.45) is 0 Å². The average molecular weight is 200 g/mol. The molecule has 1 rings (SSSR count). The zero-order valence-electron chi connectivity index (χ0n) is 6.90. The van der Waals surface area contributed by atoms with E-state index in [9.17, 15) is 9.59 Å². The minimum atomic E-state index is -1.51. The highest BCUT2D eigenvalue weighted by Gasteiger charge is 2.12. The Bertz CT molecular complexity index is 334. The molecule has 0 unspecified atom stereocenters. The number of rotatable bonds is 2. The van der Waals surface area contributed by atoms with Crippen molar-refractivity contribution < 1.29 is 14.7 Å². The largest absolute Gasteiger partial charge is 0.474 e. The van der Waals surface area contributed by atoms with Gasteiger partial charge in [0.05, 0.1) is 0 Å². The molecule has 0 aliphatic rings. The van der Waals surface area contributed by atoms with Crippen LogP contribution in [0.15, 0.2) is 6.20 Å². The van der Waals surface area contributed by atoms with Crippen molar-refractivity contribution in [1.82, 2.24) is 4.98 Å². The van der Waals surface area contributed by atoms with Gasteiger partial charge in [0.15, 0.2) is 5.13 Å². The molecule has 0 spiro atoms. The lowest BCUT2D eigenvalue weighted by Gasteiger charge is -1.93. The Labute approximate surface area is 78.4 Å². The Morgan fingerprint density at radius 3 is 2.85 bits per heavy atom. The van der Waals surface area contributed by atoms with Gasteiger partial charge in [-0.1, -0.05) is 6.92 Å². The third-order valence-corrected chi connectivity index (χ3v) is 2.37. The fourth-order valence-corrected chi connectivity index (χ4v) is 1.43. The SMILES string of the molecule is CCc1cnc(NC(=O)C(=O)O)s1. The van der Waals surface area contributed by atoms with Crippen molar-refractivity contribution in [1.29, 1.82) is 0 Å². The van der Waals surface area contributed by atoms with Gasteiger partial charge in [0.1, 0.15) is 0 Å². The van der Waals surface area contributed by atoms with Crippen molar-refractivity contribution in [2.45, 2.75) is 13.3 Å². The van der Waals surface area contributed by atoms with Gasteiger partial charge in [0.2, 0.25) is 0 Å². The molecule has 0 saturated heterocycles. The van der Waals surface area contributed by atoms with Crippen LogP contribution in [0.5, 0.6) is 0 Å². The van der Waals surface area contributed by atoms with Gasteiger partial charge in [0, 0.05) is 11.1 Å². The summed E-state index contributed by atoms with van der Waals surface area (Å²) in [5.41, 5.74) is 0. The number of aliphatic carboxylic acids is 1. The van der Waals surface area contributed by atoms with Gasteiger partial charge in [-0.25, -0.2) is 9.78 Å². The standard InChI is InChI=1S/C7H8N2O3S/c1-2-4-3-8-7(13-4)9-5(10)6(11)12/h3H,2H2,1H3,(H,11,12)(H,8,9,10). The fraction of sp³-hybridized carbons (Fsp3) is 0.286. The molecule has 0 radical (unpaired) electrons. The molecule has 13 heavy (non-hydrogen) atoms. The molecule has 1 aromatic rings. The third-order valence-electron chi connectivity index (χ3n) is 1.32. The number of thiazole rings is 1. The van der Waals surface area contributed by atoms with E-state index in [1.807, 2.05) is 6.92 Å². The lowest BCUT2D eigenvalue weighted by Crippen LogP contribution is -2.21. The lowest BCUT2D eigenvalue weighted by atomic mass is 10.4. The predicted molar refractivity (Wildman–Crippen MR) is 47.8 cm³/mol. The van der Waals surface area contributed by atoms with Crippen molar-refractivity contribution in [3.8, 4) is 0 Å². The van der Waals surface area contributed by atoms with Crippen LogP contribution in [0.3, 0.4) is 0 Å². The van der Waals surface area contributed by atoms with Crippen molar-refractivity contribution in [2.75, 3.05) is 5.32 Å². The Morgan fingerprint density at radius 2 is 2.38 bits per heavy atom. The average Bonchev–Trinajstić information content (AvgIpc) is 2.52. The first-order valence-electron chi connectivity index (χ1n) is 3.62. The number of amides is 1. The highest BCUT2D eigenvalue weighted by molar-refractivity contribution is 7.15. The Kier molecular flexibility index (Phi) is 2.97. The molecule has 0 bridgehead atoms. The minimum absolute atomic E-state index is 0.323. The zero-order chi connectivity index (χ0) is 9.84. The molecule has 70 valence electrons. The molecule has 0 fully saturated rings. The zero-order valence-corrected chi connectivity index (χ0v) is 7.72. The monoisotopic (exact) mass is 200 g/mol. The van der Waals surface area contributed by atoms with Crippen LogP contribution in [0.2, 0.25) is 0 Å². The number of carboxylic acid groups (broad SMARTS) is 1. The van der Waals surface area contributed by atoms with Crippen LogP contribution in [0.1, 0.15) is 11.8 Å². The number of nitrogens with one attached hydrogen (secondary N) is 1. The van der Waals surface area contributed by atoms with E-state index in [0.29, 0.717) is 5.13 Å². The number of aromatic nitrogens is 1. The Balaban J connectivity index is 2.64. The van der Waals surface area contributed by atoms with Crippen LogP contribution in [0, 0.1) is 0 Å². The first-order chi connectivity index (χ1) is 6.13. The maximum Gasteiger partial charge on any atom is 0.394 e. The summed E-state index contributed by atoms with van der Waals surface area (Å²) in [6, 6.07) is 0. The van der Waals surface area contributed by atoms with E-state index in [2.05, 4.69) is 10.3 Å². The topological polar surface area (TPSA) is 79.3 Å². The summed E-state index contributed by atoms with van der Waals surface area (Å²) < 4.78 is 0. The Morgan fingerprint density at radius 1 is 1.69 bits per heavy atom. The molecule has 1 amide bonds. The molecule has 5 nitrogen and oxygen atoms in total. The van der Waals surface area contributed by atoms with Gasteiger partial charge in [-0.05, 0) is 6.42 Å². The second kappa shape index (κ2) is 3.99. The van der Waals surface area contributed by atoms with Gasteiger partial charge in [-0.3, -0.25) is 10.1 Å². The molecule has 2 N–H and O–H groups in total. The first kappa shape index (κ1) is 9.66. The summed E-state index contributed by atoms with van der Waals surface area (Å²) in [5.74, 6) is -2.56. The number of carbonyl (C=O) groups is 2. The van der Waals surface area contributed by atoms with Crippen LogP contribution in [-0.2, 0) is 16.0 Å². The number of aryl methyl sites for hydroxylation is 1. The van der Waals surface area contributed by atoms with E-state index in [0.717, 1.165) is 11.3 Å². The summed E-state index contributed by atoms with van der Waals surface area (Å²) in [5, 5.41) is 10.8. The van der Waals surface area contributed by atoms with Crippen LogP contribution < -0.4 is 5.32 Å². The van der Waals surface area contributed by atoms with Crippen molar-refractivity contribution in [3.63, 3.8) is 0 Å². The summed E-state index contributed by atoms with van der Waals surface area (Å²) >= 11 is 1.27. The Hall–Kier alpha value is -1.43. The number of nitrogens with zero attached hydrogens (tertiary/aromatic N) is 1. The van der Waals surface area contributed by atoms with Gasteiger partial charge < -0.3 is 5.11 Å². The van der Waals surface area contributed by atoms with Crippen LogP contribution in [0.25, 0.3) is 0 Å². The van der Waals surface area contributed by atoms with E-state index in [1.54, 1.807) is 6.20 Å². The third kappa shape index (κ3) is 2.51. The second-order valence-electron chi connectivity index (χ2n) is 2.24. The van der Waals surface area contributed by atoms with E-state index in [1.165, 1.54) is 11.3 Å². The molecule has 0 atom stereocenters. The first-order valence-corrected chi connectivity index (χ1v) is 4.44. The highest BCUT2D eigenvalue weighted by atomic mass is 32.1. The number of carbonyl (C=O) groups excluding carboxylic acids is 1. The number of anilines is 1. The molecule has 1 aromatic heterocycles. The van der Waals surface area contributed by atoms with E-state index < -0.39 is 11.9 Å². The van der Waals surface area contributed by atoms with Gasteiger partial charge in [-0.2, -0.15) is 0 Å². The van der Waals surface area contributed by atoms with E-state index in [-0.39, 0.29) is 0 Å². The highest BCUT2D eigenvalue weighted by Crippen LogP contribution is 2.17. The van der Waals surface area contributed by atoms with Crippen LogP contribution in [0.4, 0.5) is 5.13 Å². The molecule has 0 aromatic carbocycles. The molecular weight excluding hydrogens is 192 g/mol. The summed E-state index contributed by atoms with van der Waals surface area (Å²) in [6.45, 7) is 1.95. The summed E-state index contributed by atoms with van der Waals surface area (Å²) in [4.78, 5) is 25.6. The molecule has 0 aliphatic heterocycles. The predicted octanol–water partition coefficient (Wildman–Crippen LogP) is 0.729. The van der Waals surface area contributed by atoms with Crippen molar-refractivity contribution >= 4 is 28.3 Å². The number of hydrogen-bond acceptors (Lipinski definition) is 4. The number of hydrogen-bond donors (Lipinski definition) is 2. The maximum atomic E-state index is 10.7. The fourth-order valence-electron chi connectivity index (χ4n) is 0.679. The second-order valence-corrected chi connectivity index (χ2v) is 3.36. The molecule has 1 heterocycles. The smallest absolute Gasteiger partial charge is 0.394 e. The summed E-state index contributed by atoms with van der Waals surface area (Å²) in [6.07, 6.45) is 2.43. The van der Waals surface area contributed by atoms with Crippen LogP contribution in [-0.4, -0.2) is 22.0 Å². The molecule has 6 heteroatoms. The quantitative estimate of drug-likeness (QED) is 0.690. The normalized spacial score (nSPS) is 9.62.